The van der Waals surface area contributed by atoms with Crippen LogP contribution in [0.1, 0.15) is 19.3 Å². The molecule has 0 saturated heterocycles. The molecule has 0 rings (SSSR count). The van der Waals surface area contributed by atoms with Crippen LogP contribution in [0.3, 0.4) is 0 Å². The number of rotatable bonds is 9. The molecule has 0 amide bonds. The van der Waals surface area contributed by atoms with Gasteiger partial charge in [-0.2, -0.15) is 61.5 Å². The minimum atomic E-state index is -8.42. The van der Waals surface area contributed by atoms with E-state index in [4.69, 9.17) is 10.2 Å². The van der Waals surface area contributed by atoms with Crippen LogP contribution in [-0.4, -0.2) is 64.6 Å². The standard InChI is InChI=1S/C12H11F15O2/c13-6(14,3-1-2-5(29)4-28)8(16,17)10(20,21)9(18,19)7(15,11(22,23)24)12(25,26)27/h5,28-29H,1-4H2. The van der Waals surface area contributed by atoms with Gasteiger partial charge < -0.3 is 10.2 Å². The molecule has 1 atom stereocenters. The predicted molar refractivity (Wildman–Crippen MR) is 62.7 cm³/mol. The zero-order chi connectivity index (χ0) is 23.9. The molecule has 0 aromatic carbocycles. The zero-order valence-electron chi connectivity index (χ0n) is 13.5. The summed E-state index contributed by atoms with van der Waals surface area (Å²) in [6.07, 6.45) is -22.7. The summed E-state index contributed by atoms with van der Waals surface area (Å²) >= 11 is 0. The van der Waals surface area contributed by atoms with Crippen molar-refractivity contribution in [3.8, 4) is 0 Å². The Labute approximate surface area is 151 Å². The Bertz CT molecular complexity index is 536. The van der Waals surface area contributed by atoms with Crippen LogP contribution in [0.15, 0.2) is 0 Å². The van der Waals surface area contributed by atoms with E-state index in [1.54, 1.807) is 0 Å². The summed E-state index contributed by atoms with van der Waals surface area (Å²) in [5, 5.41) is 17.1. The molecule has 0 aromatic rings. The van der Waals surface area contributed by atoms with Crippen LogP contribution in [0.4, 0.5) is 65.9 Å². The lowest BCUT2D eigenvalue weighted by Crippen LogP contribution is -2.75. The lowest BCUT2D eigenvalue weighted by atomic mass is 9.85. The third-order valence-electron chi connectivity index (χ3n) is 3.70. The first-order valence-corrected chi connectivity index (χ1v) is 7.08. The van der Waals surface area contributed by atoms with E-state index in [2.05, 4.69) is 0 Å². The maximum absolute atomic E-state index is 13.4. The number of hydrogen-bond acceptors (Lipinski definition) is 2. The van der Waals surface area contributed by atoms with Crippen molar-refractivity contribution in [2.45, 2.75) is 67.1 Å². The van der Waals surface area contributed by atoms with Gasteiger partial charge in [0.05, 0.1) is 12.7 Å². The van der Waals surface area contributed by atoms with Gasteiger partial charge in [-0.3, -0.25) is 0 Å². The summed E-state index contributed by atoms with van der Waals surface area (Å²) in [6.45, 7) is -1.14. The van der Waals surface area contributed by atoms with E-state index in [0.29, 0.717) is 0 Å². The van der Waals surface area contributed by atoms with Gasteiger partial charge in [0, 0.05) is 6.42 Å². The minimum Gasteiger partial charge on any atom is -0.394 e. The molecule has 1 unspecified atom stereocenters. The Morgan fingerprint density at radius 1 is 0.586 bits per heavy atom. The van der Waals surface area contributed by atoms with E-state index in [-0.39, 0.29) is 0 Å². The molecule has 0 bridgehead atoms. The summed E-state index contributed by atoms with van der Waals surface area (Å²) in [7, 11) is 0. The summed E-state index contributed by atoms with van der Waals surface area (Å²) < 4.78 is 194. The van der Waals surface area contributed by atoms with Crippen LogP contribution in [0.5, 0.6) is 0 Å². The molecule has 0 fully saturated rings. The molecule has 17 heteroatoms. The van der Waals surface area contributed by atoms with Gasteiger partial charge in [-0.15, -0.1) is 0 Å². The fourth-order valence-electron chi connectivity index (χ4n) is 1.97. The average molecular weight is 472 g/mol. The first-order valence-electron chi connectivity index (χ1n) is 7.08. The van der Waals surface area contributed by atoms with E-state index >= 15 is 0 Å². The van der Waals surface area contributed by atoms with Crippen LogP contribution in [0.2, 0.25) is 0 Å². The van der Waals surface area contributed by atoms with E-state index in [1.165, 1.54) is 0 Å². The molecular weight excluding hydrogens is 461 g/mol. The average Bonchev–Trinajstić information content (AvgIpc) is 2.50. The molecule has 0 aliphatic carbocycles. The number of hydrogen-bond donors (Lipinski definition) is 2. The smallest absolute Gasteiger partial charge is 0.394 e. The van der Waals surface area contributed by atoms with Crippen LogP contribution in [-0.2, 0) is 0 Å². The molecule has 0 saturated carbocycles. The minimum absolute atomic E-state index is 1.01. The monoisotopic (exact) mass is 472 g/mol. The highest BCUT2D eigenvalue weighted by molar-refractivity contribution is 5.16. The first kappa shape index (κ1) is 27.9. The zero-order valence-corrected chi connectivity index (χ0v) is 13.5. The quantitative estimate of drug-likeness (QED) is 0.470. The van der Waals surface area contributed by atoms with Crippen molar-refractivity contribution in [2.24, 2.45) is 0 Å². The van der Waals surface area contributed by atoms with Gasteiger partial charge in [-0.25, -0.2) is 4.39 Å². The molecule has 0 aliphatic heterocycles. The second-order valence-electron chi connectivity index (χ2n) is 5.81. The SMILES string of the molecule is OCC(O)CCCC(F)(F)C(F)(F)C(F)(F)C(F)(F)C(F)(C(F)(F)F)C(F)(F)F. The van der Waals surface area contributed by atoms with Gasteiger partial charge in [0.25, 0.3) is 0 Å². The Morgan fingerprint density at radius 2 is 0.966 bits per heavy atom. The van der Waals surface area contributed by atoms with Crippen molar-refractivity contribution in [1.29, 1.82) is 0 Å². The predicted octanol–water partition coefficient (Wildman–Crippen LogP) is 4.88. The molecular formula is C12H11F15O2. The third kappa shape index (κ3) is 4.34. The fourth-order valence-corrected chi connectivity index (χ4v) is 1.97. The second-order valence-corrected chi connectivity index (χ2v) is 5.81. The van der Waals surface area contributed by atoms with E-state index in [0.717, 1.165) is 0 Å². The highest BCUT2D eigenvalue weighted by Gasteiger charge is 2.95. The Kier molecular flexibility index (Phi) is 7.54. The summed E-state index contributed by atoms with van der Waals surface area (Å²) in [6, 6.07) is 0. The molecule has 29 heavy (non-hydrogen) atoms. The largest absolute Gasteiger partial charge is 0.438 e. The lowest BCUT2D eigenvalue weighted by Gasteiger charge is -2.43. The van der Waals surface area contributed by atoms with Crippen LogP contribution in [0.25, 0.3) is 0 Å². The topological polar surface area (TPSA) is 40.5 Å². The van der Waals surface area contributed by atoms with E-state index < -0.39 is 73.7 Å². The normalized spacial score (nSPS) is 16.9. The molecule has 176 valence electrons. The molecule has 0 aliphatic rings. The van der Waals surface area contributed by atoms with Gasteiger partial charge in [0.15, 0.2) is 0 Å². The molecule has 0 aromatic heterocycles. The number of aliphatic hydroxyl groups excluding tert-OH is 2. The first-order chi connectivity index (χ1) is 12.5. The maximum Gasteiger partial charge on any atom is 0.438 e. The van der Waals surface area contributed by atoms with Gasteiger partial charge in [-0.1, -0.05) is 0 Å². The second kappa shape index (κ2) is 7.85. The summed E-state index contributed by atoms with van der Waals surface area (Å²) in [5.74, 6) is -30.6. The maximum atomic E-state index is 13.4. The highest BCUT2D eigenvalue weighted by atomic mass is 19.4. The fraction of sp³-hybridized carbons (Fsp3) is 1.00. The number of halogens is 15. The summed E-state index contributed by atoms with van der Waals surface area (Å²) in [4.78, 5) is 0. The van der Waals surface area contributed by atoms with E-state index in [1.807, 2.05) is 0 Å². The van der Waals surface area contributed by atoms with Crippen molar-refractivity contribution in [1.82, 2.24) is 0 Å². The van der Waals surface area contributed by atoms with Crippen molar-refractivity contribution < 1.29 is 76.1 Å². The van der Waals surface area contributed by atoms with E-state index in [9.17, 15) is 65.9 Å². The molecule has 0 radical (unpaired) electrons. The Hall–Kier alpha value is -1.13. The van der Waals surface area contributed by atoms with Crippen molar-refractivity contribution in [2.75, 3.05) is 6.61 Å². The number of alkyl halides is 15. The molecule has 2 N–H and O–H groups in total. The van der Waals surface area contributed by atoms with Crippen LogP contribution in [0, 0.1) is 0 Å². The number of aliphatic hydroxyl groups is 2. The van der Waals surface area contributed by atoms with Crippen molar-refractivity contribution in [3.05, 3.63) is 0 Å². The van der Waals surface area contributed by atoms with Gasteiger partial charge in [0.2, 0.25) is 0 Å². The molecule has 0 spiro atoms. The molecule has 2 nitrogen and oxygen atoms in total. The molecule has 0 heterocycles. The Balaban J connectivity index is 6.27. The van der Waals surface area contributed by atoms with Gasteiger partial charge >= 0.3 is 41.7 Å². The van der Waals surface area contributed by atoms with Gasteiger partial charge in [-0.05, 0) is 12.8 Å². The van der Waals surface area contributed by atoms with Crippen molar-refractivity contribution >= 4 is 0 Å². The van der Waals surface area contributed by atoms with Gasteiger partial charge in [0.1, 0.15) is 0 Å². The van der Waals surface area contributed by atoms with Crippen LogP contribution >= 0.6 is 0 Å². The Morgan fingerprint density at radius 3 is 1.28 bits per heavy atom. The van der Waals surface area contributed by atoms with Crippen LogP contribution < -0.4 is 0 Å². The summed E-state index contributed by atoms with van der Waals surface area (Å²) in [5.41, 5.74) is -8.30. The lowest BCUT2D eigenvalue weighted by molar-refractivity contribution is -0.457. The third-order valence-corrected chi connectivity index (χ3v) is 3.70. The highest BCUT2D eigenvalue weighted by Crippen LogP contribution is 2.64. The van der Waals surface area contributed by atoms with Crippen molar-refractivity contribution in [3.63, 3.8) is 0 Å².